The third-order valence-corrected chi connectivity index (χ3v) is 5.22. The molecule has 1 aliphatic heterocycles. The fraction of sp³-hybridized carbons (Fsp3) is 0.263. The van der Waals surface area contributed by atoms with Crippen molar-refractivity contribution >= 4 is 26.8 Å². The van der Waals surface area contributed by atoms with Gasteiger partial charge in [-0.3, -0.25) is 0 Å². The van der Waals surface area contributed by atoms with Crippen LogP contribution < -0.4 is 5.32 Å². The first-order valence-corrected chi connectivity index (χ1v) is 8.82. The molecular formula is C19H19BrN2O. The molecule has 0 saturated heterocycles. The maximum Gasteiger partial charge on any atom is 0.120 e. The number of phenols is 1. The number of aryl methyl sites for hydroxylation is 1. The molecule has 0 fully saturated rings. The van der Waals surface area contributed by atoms with Gasteiger partial charge in [-0.05, 0) is 54.3 Å². The van der Waals surface area contributed by atoms with Crippen molar-refractivity contribution < 1.29 is 5.11 Å². The molecule has 1 aliphatic rings. The lowest BCUT2D eigenvalue weighted by Gasteiger charge is -2.25. The van der Waals surface area contributed by atoms with Gasteiger partial charge in [-0.1, -0.05) is 28.9 Å². The third kappa shape index (κ3) is 2.46. The molecule has 4 rings (SSSR count). The van der Waals surface area contributed by atoms with Crippen LogP contribution in [-0.4, -0.2) is 16.6 Å². The minimum Gasteiger partial charge on any atom is -0.508 e. The highest BCUT2D eigenvalue weighted by Gasteiger charge is 2.27. The summed E-state index contributed by atoms with van der Waals surface area (Å²) in [6.07, 6.45) is 2.05. The second kappa shape index (κ2) is 5.69. The lowest BCUT2D eigenvalue weighted by Crippen LogP contribution is -2.30. The molecule has 3 nitrogen and oxygen atoms in total. The Balaban J connectivity index is 1.90. The van der Waals surface area contributed by atoms with E-state index in [9.17, 15) is 5.11 Å². The predicted molar refractivity (Wildman–Crippen MR) is 97.0 cm³/mol. The number of hydrogen-bond acceptors (Lipinski definition) is 2. The molecule has 23 heavy (non-hydrogen) atoms. The van der Waals surface area contributed by atoms with Gasteiger partial charge in [0.05, 0.1) is 6.04 Å². The summed E-state index contributed by atoms with van der Waals surface area (Å²) in [6, 6.07) is 12.2. The SMILES string of the molecule is CCc1ccc2[nH]c3c(c2c1)CCNC3c1cc(Br)ccc1O. The first-order valence-electron chi connectivity index (χ1n) is 8.02. The van der Waals surface area contributed by atoms with Crippen molar-refractivity contribution in [2.75, 3.05) is 6.54 Å². The quantitative estimate of drug-likeness (QED) is 0.624. The molecule has 0 saturated carbocycles. The molecule has 0 spiro atoms. The average molecular weight is 371 g/mol. The standard InChI is InChI=1S/C19H19BrN2O/c1-2-11-3-5-16-14(9-11)13-7-8-21-18(19(13)22-16)15-10-12(20)4-6-17(15)23/h3-6,9-10,18,21-23H,2,7-8H2,1H3. The summed E-state index contributed by atoms with van der Waals surface area (Å²) in [6.45, 7) is 3.09. The van der Waals surface area contributed by atoms with Crippen molar-refractivity contribution in [2.45, 2.75) is 25.8 Å². The number of aromatic nitrogens is 1. The summed E-state index contributed by atoms with van der Waals surface area (Å²) in [5, 5.41) is 15.2. The monoisotopic (exact) mass is 370 g/mol. The van der Waals surface area contributed by atoms with Crippen molar-refractivity contribution in [3.05, 3.63) is 63.3 Å². The molecule has 118 valence electrons. The van der Waals surface area contributed by atoms with Crippen LogP contribution in [0, 0.1) is 0 Å². The first kappa shape index (κ1) is 14.8. The van der Waals surface area contributed by atoms with Crippen LogP contribution in [0.15, 0.2) is 40.9 Å². The number of benzene rings is 2. The van der Waals surface area contributed by atoms with Crippen LogP contribution >= 0.6 is 15.9 Å². The van der Waals surface area contributed by atoms with E-state index in [0.717, 1.165) is 29.4 Å². The van der Waals surface area contributed by atoms with Gasteiger partial charge in [0.2, 0.25) is 0 Å². The summed E-state index contributed by atoms with van der Waals surface area (Å²) in [4.78, 5) is 3.57. The summed E-state index contributed by atoms with van der Waals surface area (Å²) in [5.41, 5.74) is 5.99. The van der Waals surface area contributed by atoms with Crippen LogP contribution in [0.4, 0.5) is 0 Å². The van der Waals surface area contributed by atoms with Gasteiger partial charge in [-0.15, -0.1) is 0 Å². The molecule has 0 amide bonds. The van der Waals surface area contributed by atoms with Gasteiger partial charge < -0.3 is 15.4 Å². The number of nitrogens with one attached hydrogen (secondary N) is 2. The average Bonchev–Trinajstić information content (AvgIpc) is 2.95. The molecule has 2 heterocycles. The molecule has 0 bridgehead atoms. The number of fused-ring (bicyclic) bond motifs is 3. The topological polar surface area (TPSA) is 48.0 Å². The summed E-state index contributed by atoms with van der Waals surface area (Å²) < 4.78 is 0.976. The highest BCUT2D eigenvalue weighted by Crippen LogP contribution is 2.37. The third-order valence-electron chi connectivity index (χ3n) is 4.72. The predicted octanol–water partition coefficient (Wildman–Crippen LogP) is 4.43. The Morgan fingerprint density at radius 3 is 2.91 bits per heavy atom. The first-order chi connectivity index (χ1) is 11.2. The van der Waals surface area contributed by atoms with E-state index < -0.39 is 0 Å². The number of aromatic hydroxyl groups is 1. The van der Waals surface area contributed by atoms with E-state index in [0.29, 0.717) is 5.75 Å². The number of H-pyrrole nitrogens is 1. The van der Waals surface area contributed by atoms with E-state index in [1.54, 1.807) is 6.07 Å². The molecule has 2 aromatic carbocycles. The van der Waals surface area contributed by atoms with Crippen molar-refractivity contribution in [1.29, 1.82) is 0 Å². The Hall–Kier alpha value is -1.78. The Morgan fingerprint density at radius 2 is 2.09 bits per heavy atom. The fourth-order valence-electron chi connectivity index (χ4n) is 3.52. The van der Waals surface area contributed by atoms with E-state index in [4.69, 9.17) is 0 Å². The Kier molecular flexibility index (Phi) is 3.66. The van der Waals surface area contributed by atoms with E-state index in [1.165, 1.54) is 27.7 Å². The molecule has 0 radical (unpaired) electrons. The minimum atomic E-state index is -0.00581. The second-order valence-corrected chi connectivity index (χ2v) is 7.01. The van der Waals surface area contributed by atoms with Crippen LogP contribution in [0.25, 0.3) is 10.9 Å². The number of halogens is 1. The second-order valence-electron chi connectivity index (χ2n) is 6.09. The summed E-state index contributed by atoms with van der Waals surface area (Å²) in [5.74, 6) is 0.325. The van der Waals surface area contributed by atoms with Crippen LogP contribution in [0.3, 0.4) is 0 Å². The van der Waals surface area contributed by atoms with E-state index in [-0.39, 0.29) is 6.04 Å². The maximum absolute atomic E-state index is 10.3. The summed E-state index contributed by atoms with van der Waals surface area (Å²) in [7, 11) is 0. The molecular weight excluding hydrogens is 352 g/mol. The Labute approximate surface area is 143 Å². The molecule has 4 heteroatoms. The van der Waals surface area contributed by atoms with Gasteiger partial charge in [0.1, 0.15) is 5.75 Å². The highest BCUT2D eigenvalue weighted by atomic mass is 79.9. The van der Waals surface area contributed by atoms with Crippen LogP contribution in [0.2, 0.25) is 0 Å². The zero-order chi connectivity index (χ0) is 16.0. The van der Waals surface area contributed by atoms with Gasteiger partial charge in [0.15, 0.2) is 0 Å². The zero-order valence-corrected chi connectivity index (χ0v) is 14.6. The van der Waals surface area contributed by atoms with Gasteiger partial charge in [-0.25, -0.2) is 0 Å². The van der Waals surface area contributed by atoms with Gasteiger partial charge in [0, 0.05) is 33.2 Å². The highest BCUT2D eigenvalue weighted by molar-refractivity contribution is 9.10. The van der Waals surface area contributed by atoms with Crippen molar-refractivity contribution in [3.8, 4) is 5.75 Å². The molecule has 1 aromatic heterocycles. The molecule has 0 aliphatic carbocycles. The van der Waals surface area contributed by atoms with Crippen molar-refractivity contribution in [2.24, 2.45) is 0 Å². The van der Waals surface area contributed by atoms with E-state index in [1.807, 2.05) is 12.1 Å². The summed E-state index contributed by atoms with van der Waals surface area (Å²) >= 11 is 3.51. The molecule has 3 aromatic rings. The van der Waals surface area contributed by atoms with Crippen molar-refractivity contribution in [3.63, 3.8) is 0 Å². The lowest BCUT2D eigenvalue weighted by molar-refractivity contribution is 0.452. The molecule has 3 N–H and O–H groups in total. The van der Waals surface area contributed by atoms with Gasteiger partial charge in [0.25, 0.3) is 0 Å². The van der Waals surface area contributed by atoms with Crippen molar-refractivity contribution in [1.82, 2.24) is 10.3 Å². The normalized spacial score (nSPS) is 17.4. The maximum atomic E-state index is 10.3. The number of rotatable bonds is 2. The lowest BCUT2D eigenvalue weighted by atomic mass is 9.93. The Morgan fingerprint density at radius 1 is 1.22 bits per heavy atom. The van der Waals surface area contributed by atoms with Crippen LogP contribution in [-0.2, 0) is 12.8 Å². The molecule has 1 unspecified atom stereocenters. The van der Waals surface area contributed by atoms with Gasteiger partial charge >= 0.3 is 0 Å². The number of phenolic OH excluding ortho intramolecular Hbond substituents is 1. The number of hydrogen-bond donors (Lipinski definition) is 3. The number of aromatic amines is 1. The van der Waals surface area contributed by atoms with Gasteiger partial charge in [-0.2, -0.15) is 0 Å². The fourth-order valence-corrected chi connectivity index (χ4v) is 3.90. The smallest absolute Gasteiger partial charge is 0.120 e. The van der Waals surface area contributed by atoms with Crippen LogP contribution in [0.5, 0.6) is 5.75 Å². The molecule has 1 atom stereocenters. The van der Waals surface area contributed by atoms with Crippen LogP contribution in [0.1, 0.15) is 35.3 Å². The Bertz CT molecular complexity index is 884. The van der Waals surface area contributed by atoms with E-state index in [2.05, 4.69) is 51.4 Å². The van der Waals surface area contributed by atoms with E-state index >= 15 is 0 Å². The largest absolute Gasteiger partial charge is 0.508 e. The zero-order valence-electron chi connectivity index (χ0n) is 13.0. The minimum absolute atomic E-state index is 0.00581.